The molecule has 3 aliphatic rings. The summed E-state index contributed by atoms with van der Waals surface area (Å²) in [5.41, 5.74) is 11.0. The number of imidazole rings is 2. The van der Waals surface area contributed by atoms with Crippen molar-refractivity contribution in [2.45, 2.75) is 75.4 Å². The van der Waals surface area contributed by atoms with E-state index in [0.717, 1.165) is 61.1 Å². The molecule has 3 atom stereocenters. The molecule has 8 nitrogen and oxygen atoms in total. The summed E-state index contributed by atoms with van der Waals surface area (Å²) in [6.45, 7) is 4.36. The number of nitrogens with zero attached hydrogens (tertiary/aromatic N) is 5. The largest absolute Gasteiger partial charge is 0.369 e. The zero-order valence-electron chi connectivity index (χ0n) is 25.8. The molecule has 0 aliphatic carbocycles. The molecule has 0 saturated carbocycles. The van der Waals surface area contributed by atoms with Gasteiger partial charge in [-0.15, -0.1) is 0 Å². The lowest BCUT2D eigenvalue weighted by Crippen LogP contribution is -2.49. The van der Waals surface area contributed by atoms with Gasteiger partial charge in [-0.1, -0.05) is 30.3 Å². The maximum atomic E-state index is 14.6. The third-order valence-corrected chi connectivity index (χ3v) is 11.1. The highest BCUT2D eigenvalue weighted by molar-refractivity contribution is 6.05. The van der Waals surface area contributed by atoms with E-state index < -0.39 is 0 Å². The van der Waals surface area contributed by atoms with E-state index in [9.17, 15) is 9.18 Å². The minimum Gasteiger partial charge on any atom is -0.369 e. The van der Waals surface area contributed by atoms with Crippen LogP contribution in [-0.2, 0) is 5.41 Å². The number of nitrogens with one attached hydrogen (secondary N) is 1. The second-order valence-electron chi connectivity index (χ2n) is 13.4. The van der Waals surface area contributed by atoms with Crippen LogP contribution < -0.4 is 5.73 Å². The average Bonchev–Trinajstić information content (AvgIpc) is 3.67. The molecule has 0 spiro atoms. The Labute approximate surface area is 262 Å². The van der Waals surface area contributed by atoms with Crippen molar-refractivity contribution in [3.05, 3.63) is 89.5 Å². The first-order valence-electron chi connectivity index (χ1n) is 16.4. The van der Waals surface area contributed by atoms with E-state index in [1.165, 1.54) is 24.4 Å². The van der Waals surface area contributed by atoms with Crippen molar-refractivity contribution in [1.82, 2.24) is 29.3 Å². The number of aromatic amines is 1. The first-order valence-corrected chi connectivity index (χ1v) is 16.4. The summed E-state index contributed by atoms with van der Waals surface area (Å²) in [5.74, 6) is 1.19. The van der Waals surface area contributed by atoms with E-state index in [1.807, 2.05) is 29.2 Å². The van der Waals surface area contributed by atoms with Gasteiger partial charge in [-0.3, -0.25) is 9.69 Å². The van der Waals surface area contributed by atoms with Crippen molar-refractivity contribution in [1.29, 1.82) is 0 Å². The van der Waals surface area contributed by atoms with E-state index in [0.29, 0.717) is 48.2 Å². The van der Waals surface area contributed by atoms with Crippen LogP contribution >= 0.6 is 0 Å². The molecule has 3 saturated heterocycles. The highest BCUT2D eigenvalue weighted by Gasteiger charge is 2.44. The molecule has 1 unspecified atom stereocenters. The average molecular weight is 606 g/mol. The van der Waals surface area contributed by atoms with Crippen LogP contribution in [0.25, 0.3) is 22.1 Å². The number of nitrogens with two attached hydrogens (primary N) is 1. The predicted molar refractivity (Wildman–Crippen MR) is 175 cm³/mol. The number of amides is 1. The van der Waals surface area contributed by atoms with E-state index in [-0.39, 0.29) is 17.1 Å². The molecule has 3 aliphatic heterocycles. The highest BCUT2D eigenvalue weighted by Crippen LogP contribution is 2.45. The molecule has 9 heteroatoms. The molecular weight excluding hydrogens is 565 g/mol. The van der Waals surface area contributed by atoms with E-state index in [4.69, 9.17) is 10.7 Å². The summed E-state index contributed by atoms with van der Waals surface area (Å²) in [7, 11) is 0. The lowest BCUT2D eigenvalue weighted by Gasteiger charge is -2.45. The van der Waals surface area contributed by atoms with Gasteiger partial charge in [0.1, 0.15) is 17.2 Å². The van der Waals surface area contributed by atoms with Gasteiger partial charge in [-0.25, -0.2) is 14.4 Å². The number of piperidine rings is 2. The van der Waals surface area contributed by atoms with Crippen LogP contribution in [0.4, 0.5) is 10.3 Å². The molecule has 2 bridgehead atoms. The Morgan fingerprint density at radius 3 is 2.51 bits per heavy atom. The van der Waals surface area contributed by atoms with Crippen LogP contribution in [0.3, 0.4) is 0 Å². The number of hydrogen-bond acceptors (Lipinski definition) is 5. The van der Waals surface area contributed by atoms with Gasteiger partial charge in [0, 0.05) is 31.2 Å². The quantitative estimate of drug-likeness (QED) is 0.234. The Morgan fingerprint density at radius 1 is 0.978 bits per heavy atom. The van der Waals surface area contributed by atoms with Crippen molar-refractivity contribution in [3.63, 3.8) is 0 Å². The van der Waals surface area contributed by atoms with Crippen LogP contribution in [0.2, 0.25) is 0 Å². The number of rotatable bonds is 6. The number of H-pyrrole nitrogens is 1. The number of para-hydroxylation sites is 3. The standard InChI is InChI=1S/C36H40FN7O/c1-23-39-30-9-2-3-11-32(30)44(23)28-21-26-12-13-27(22-28)43(26)19-16-36(24-6-4-7-25(37)20-24)14-17-42(18-15-36)34(45)29-8-5-10-31-33(29)41-35(38)40-31/h2-11,20,26-28H,12-19,21-22H2,1H3,(H3,38,40,41)/t26-,27+,28?. The van der Waals surface area contributed by atoms with Crippen LogP contribution in [0.5, 0.6) is 0 Å². The number of halogens is 1. The fourth-order valence-electron chi connectivity index (χ4n) is 8.82. The van der Waals surface area contributed by atoms with Crippen molar-refractivity contribution in [2.75, 3.05) is 25.4 Å². The number of likely N-dealkylation sites (tertiary alicyclic amines) is 1. The summed E-state index contributed by atoms with van der Waals surface area (Å²) in [4.78, 5) is 30.7. The van der Waals surface area contributed by atoms with Crippen LogP contribution in [0.1, 0.15) is 72.7 Å². The lowest BCUT2D eigenvalue weighted by molar-refractivity contribution is 0.0608. The van der Waals surface area contributed by atoms with Gasteiger partial charge in [0.25, 0.3) is 5.91 Å². The molecule has 232 valence electrons. The van der Waals surface area contributed by atoms with Crippen molar-refractivity contribution >= 4 is 33.9 Å². The van der Waals surface area contributed by atoms with Gasteiger partial charge >= 0.3 is 0 Å². The second kappa shape index (κ2) is 11.0. The van der Waals surface area contributed by atoms with Crippen LogP contribution in [0.15, 0.2) is 66.7 Å². The fourth-order valence-corrected chi connectivity index (χ4v) is 8.82. The molecule has 8 rings (SSSR count). The zero-order valence-corrected chi connectivity index (χ0v) is 25.8. The van der Waals surface area contributed by atoms with Crippen LogP contribution in [-0.4, -0.2) is 66.9 Å². The van der Waals surface area contributed by atoms with Crippen LogP contribution in [0, 0.1) is 12.7 Å². The number of aryl methyl sites for hydroxylation is 1. The number of hydrogen-bond donors (Lipinski definition) is 2. The van der Waals surface area contributed by atoms with E-state index in [1.54, 1.807) is 6.07 Å². The molecule has 1 amide bonds. The highest BCUT2D eigenvalue weighted by atomic mass is 19.1. The maximum absolute atomic E-state index is 14.6. The Kier molecular flexibility index (Phi) is 6.89. The summed E-state index contributed by atoms with van der Waals surface area (Å²) in [5, 5.41) is 0. The summed E-state index contributed by atoms with van der Waals surface area (Å²) >= 11 is 0. The Hall–Kier alpha value is -4.24. The summed E-state index contributed by atoms with van der Waals surface area (Å²) < 4.78 is 17.1. The van der Waals surface area contributed by atoms with Crippen molar-refractivity contribution in [3.8, 4) is 0 Å². The zero-order chi connectivity index (χ0) is 30.7. The minimum absolute atomic E-state index is 0.0256. The molecule has 3 aromatic carbocycles. The number of aromatic nitrogens is 4. The van der Waals surface area contributed by atoms with Gasteiger partial charge in [0.2, 0.25) is 0 Å². The number of carbonyl (C=O) groups excluding carboxylic acids is 1. The third-order valence-electron chi connectivity index (χ3n) is 11.1. The van der Waals surface area contributed by atoms with E-state index in [2.05, 4.69) is 56.7 Å². The maximum Gasteiger partial charge on any atom is 0.256 e. The first-order chi connectivity index (χ1) is 21.9. The van der Waals surface area contributed by atoms with Gasteiger partial charge in [0.15, 0.2) is 5.95 Å². The molecule has 45 heavy (non-hydrogen) atoms. The smallest absolute Gasteiger partial charge is 0.256 e. The summed E-state index contributed by atoms with van der Waals surface area (Å²) in [6.07, 6.45) is 7.28. The molecule has 3 fully saturated rings. The number of carbonyl (C=O) groups is 1. The summed E-state index contributed by atoms with van der Waals surface area (Å²) in [6, 6.07) is 22.8. The SMILES string of the molecule is Cc1nc2ccccc2n1C1C[C@H]2CC[C@@H](C1)N2CCC1(c2cccc(F)c2)CCN(C(=O)c2cccc3[nH]c(N)nc23)CC1. The normalized spacial score (nSPS) is 23.2. The van der Waals surface area contributed by atoms with Gasteiger partial charge < -0.3 is 20.2 Å². The second-order valence-corrected chi connectivity index (χ2v) is 13.4. The van der Waals surface area contributed by atoms with E-state index >= 15 is 0 Å². The predicted octanol–water partition coefficient (Wildman–Crippen LogP) is 6.37. The Balaban J connectivity index is 1.00. The molecule has 2 aromatic heterocycles. The first kappa shape index (κ1) is 28.2. The number of fused-ring (bicyclic) bond motifs is 4. The molecular formula is C36H40FN7O. The monoisotopic (exact) mass is 605 g/mol. The lowest BCUT2D eigenvalue weighted by atomic mass is 9.70. The Morgan fingerprint density at radius 2 is 1.73 bits per heavy atom. The fraction of sp³-hybridized carbons (Fsp3) is 0.417. The van der Waals surface area contributed by atoms with Gasteiger partial charge in [0.05, 0.1) is 22.1 Å². The van der Waals surface area contributed by atoms with Crippen molar-refractivity contribution in [2.24, 2.45) is 0 Å². The van der Waals surface area contributed by atoms with Crippen molar-refractivity contribution < 1.29 is 9.18 Å². The molecule has 0 radical (unpaired) electrons. The van der Waals surface area contributed by atoms with Gasteiger partial charge in [-0.2, -0.15) is 0 Å². The number of anilines is 1. The molecule has 3 N–H and O–H groups in total. The molecule has 5 heterocycles. The number of nitrogen functional groups attached to an aromatic ring is 1. The topological polar surface area (TPSA) is 96.1 Å². The third kappa shape index (κ3) is 4.88. The van der Waals surface area contributed by atoms with Gasteiger partial charge in [-0.05, 0) is 106 Å². The Bertz CT molecular complexity index is 1870. The molecule has 5 aromatic rings. The number of benzene rings is 3. The minimum atomic E-state index is -0.197.